The van der Waals surface area contributed by atoms with Crippen molar-refractivity contribution in [1.29, 1.82) is 0 Å². The summed E-state index contributed by atoms with van der Waals surface area (Å²) in [4.78, 5) is 13.2. The van der Waals surface area contributed by atoms with Crippen molar-refractivity contribution in [2.75, 3.05) is 13.1 Å². The number of hydrogen-bond acceptors (Lipinski definition) is 2. The Hall–Kier alpha value is -1.62. The Morgan fingerprint density at radius 2 is 1.75 bits per heavy atom. The average molecular weight is 423 g/mol. The van der Waals surface area contributed by atoms with E-state index in [1.807, 2.05) is 19.9 Å². The number of piperidine rings is 1. The lowest BCUT2D eigenvalue weighted by Crippen LogP contribution is -2.49. The molecule has 2 aromatic rings. The summed E-state index contributed by atoms with van der Waals surface area (Å²) in [7, 11) is 0. The SMILES string of the molecule is CC(NC(=O)C(C)C1(c2cccc(F)c2)CCNCC1)c1cc(Cl)cc(Cl)c1. The highest BCUT2D eigenvalue weighted by atomic mass is 35.5. The molecule has 1 aliphatic rings. The molecule has 0 aromatic heterocycles. The van der Waals surface area contributed by atoms with Crippen molar-refractivity contribution in [2.45, 2.75) is 38.1 Å². The molecule has 1 amide bonds. The van der Waals surface area contributed by atoms with Crippen LogP contribution in [-0.2, 0) is 10.2 Å². The standard InChI is InChI=1S/C22H25Cl2FN2O/c1-14(21(28)27-15(2)16-10-18(23)13-19(24)11-16)22(6-8-26-9-7-22)17-4-3-5-20(25)12-17/h3-5,10-15,26H,6-9H2,1-2H3,(H,27,28). The maximum atomic E-state index is 13.9. The van der Waals surface area contributed by atoms with Crippen LogP contribution in [0.25, 0.3) is 0 Å². The zero-order valence-electron chi connectivity index (χ0n) is 16.1. The van der Waals surface area contributed by atoms with E-state index in [-0.39, 0.29) is 23.7 Å². The molecule has 0 bridgehead atoms. The molecule has 150 valence electrons. The average Bonchev–Trinajstić information content (AvgIpc) is 2.67. The molecule has 3 rings (SSSR count). The molecule has 0 aliphatic carbocycles. The third-order valence-corrected chi connectivity index (χ3v) is 6.30. The van der Waals surface area contributed by atoms with Gasteiger partial charge >= 0.3 is 0 Å². The summed E-state index contributed by atoms with van der Waals surface area (Å²) < 4.78 is 13.9. The summed E-state index contributed by atoms with van der Waals surface area (Å²) in [6.45, 7) is 5.44. The normalized spacial score (nSPS) is 18.3. The van der Waals surface area contributed by atoms with Crippen LogP contribution in [0.1, 0.15) is 43.9 Å². The summed E-state index contributed by atoms with van der Waals surface area (Å²) in [5, 5.41) is 7.50. The summed E-state index contributed by atoms with van der Waals surface area (Å²) in [6.07, 6.45) is 1.56. The lowest BCUT2D eigenvalue weighted by Gasteiger charge is -2.42. The number of rotatable bonds is 5. The zero-order valence-corrected chi connectivity index (χ0v) is 17.6. The molecule has 1 heterocycles. The second-order valence-electron chi connectivity index (χ2n) is 7.57. The molecule has 1 saturated heterocycles. The fourth-order valence-corrected chi connectivity index (χ4v) is 4.68. The minimum absolute atomic E-state index is 0.0604. The van der Waals surface area contributed by atoms with Crippen molar-refractivity contribution in [1.82, 2.24) is 10.6 Å². The van der Waals surface area contributed by atoms with Crippen molar-refractivity contribution in [2.24, 2.45) is 5.92 Å². The van der Waals surface area contributed by atoms with Gasteiger partial charge in [0.15, 0.2) is 0 Å². The summed E-state index contributed by atoms with van der Waals surface area (Å²) in [5.41, 5.74) is 1.33. The van der Waals surface area contributed by atoms with Crippen LogP contribution in [0.3, 0.4) is 0 Å². The maximum absolute atomic E-state index is 13.9. The van der Waals surface area contributed by atoms with Gasteiger partial charge in [-0.2, -0.15) is 0 Å². The Labute approximate surface area is 175 Å². The molecule has 6 heteroatoms. The van der Waals surface area contributed by atoms with Gasteiger partial charge in [-0.1, -0.05) is 42.3 Å². The van der Waals surface area contributed by atoms with Crippen LogP contribution < -0.4 is 10.6 Å². The van der Waals surface area contributed by atoms with Gasteiger partial charge in [-0.25, -0.2) is 4.39 Å². The van der Waals surface area contributed by atoms with Crippen LogP contribution in [0.4, 0.5) is 4.39 Å². The van der Waals surface area contributed by atoms with Gasteiger partial charge in [-0.3, -0.25) is 4.79 Å². The predicted octanol–water partition coefficient (Wildman–Crippen LogP) is 5.27. The van der Waals surface area contributed by atoms with Crippen LogP contribution in [0.15, 0.2) is 42.5 Å². The summed E-state index contributed by atoms with van der Waals surface area (Å²) >= 11 is 12.2. The van der Waals surface area contributed by atoms with E-state index in [1.54, 1.807) is 30.3 Å². The van der Waals surface area contributed by atoms with Crippen LogP contribution >= 0.6 is 23.2 Å². The number of carbonyl (C=O) groups excluding carboxylic acids is 1. The molecule has 0 spiro atoms. The molecule has 0 radical (unpaired) electrons. The lowest BCUT2D eigenvalue weighted by atomic mass is 9.65. The van der Waals surface area contributed by atoms with E-state index in [4.69, 9.17) is 23.2 Å². The van der Waals surface area contributed by atoms with E-state index in [0.717, 1.165) is 37.1 Å². The second-order valence-corrected chi connectivity index (χ2v) is 8.44. The minimum atomic E-state index is -0.400. The molecule has 1 fully saturated rings. The first-order chi connectivity index (χ1) is 13.3. The van der Waals surface area contributed by atoms with Crippen molar-refractivity contribution in [3.63, 3.8) is 0 Å². The second kappa shape index (κ2) is 8.81. The van der Waals surface area contributed by atoms with Gasteiger partial charge in [-0.05, 0) is 74.3 Å². The van der Waals surface area contributed by atoms with Crippen molar-refractivity contribution in [3.05, 3.63) is 69.5 Å². The molecule has 2 unspecified atom stereocenters. The minimum Gasteiger partial charge on any atom is -0.349 e. The number of benzene rings is 2. The van der Waals surface area contributed by atoms with Gasteiger partial charge in [0.1, 0.15) is 5.82 Å². The molecule has 2 aromatic carbocycles. The third kappa shape index (κ3) is 4.51. The topological polar surface area (TPSA) is 41.1 Å². The van der Waals surface area contributed by atoms with E-state index in [2.05, 4.69) is 10.6 Å². The van der Waals surface area contributed by atoms with Gasteiger partial charge in [0.05, 0.1) is 6.04 Å². The highest BCUT2D eigenvalue weighted by Crippen LogP contribution is 2.41. The number of halogens is 3. The molecule has 28 heavy (non-hydrogen) atoms. The van der Waals surface area contributed by atoms with Gasteiger partial charge in [0, 0.05) is 21.4 Å². The van der Waals surface area contributed by atoms with E-state index >= 15 is 0 Å². The Morgan fingerprint density at radius 1 is 1.11 bits per heavy atom. The van der Waals surface area contributed by atoms with E-state index in [0.29, 0.717) is 10.0 Å². The summed E-state index contributed by atoms with van der Waals surface area (Å²) in [6, 6.07) is 11.7. The van der Waals surface area contributed by atoms with Crippen molar-refractivity contribution < 1.29 is 9.18 Å². The maximum Gasteiger partial charge on any atom is 0.224 e. The largest absolute Gasteiger partial charge is 0.349 e. The Balaban J connectivity index is 1.84. The number of carbonyl (C=O) groups is 1. The smallest absolute Gasteiger partial charge is 0.224 e. The van der Waals surface area contributed by atoms with Gasteiger partial charge < -0.3 is 10.6 Å². The fourth-order valence-electron chi connectivity index (χ4n) is 4.14. The Kier molecular flexibility index (Phi) is 6.64. The van der Waals surface area contributed by atoms with Crippen LogP contribution in [0, 0.1) is 11.7 Å². The molecule has 1 aliphatic heterocycles. The van der Waals surface area contributed by atoms with Crippen LogP contribution in [0.5, 0.6) is 0 Å². The van der Waals surface area contributed by atoms with Gasteiger partial charge in [-0.15, -0.1) is 0 Å². The van der Waals surface area contributed by atoms with E-state index in [9.17, 15) is 9.18 Å². The third-order valence-electron chi connectivity index (χ3n) is 5.86. The van der Waals surface area contributed by atoms with Crippen molar-refractivity contribution >= 4 is 29.1 Å². The Morgan fingerprint density at radius 3 is 2.36 bits per heavy atom. The molecular weight excluding hydrogens is 398 g/mol. The zero-order chi connectivity index (χ0) is 20.3. The lowest BCUT2D eigenvalue weighted by molar-refractivity contribution is -0.127. The molecule has 0 saturated carbocycles. The van der Waals surface area contributed by atoms with E-state index in [1.165, 1.54) is 6.07 Å². The molecule has 3 nitrogen and oxygen atoms in total. The van der Waals surface area contributed by atoms with Gasteiger partial charge in [0.2, 0.25) is 5.91 Å². The van der Waals surface area contributed by atoms with Crippen LogP contribution in [-0.4, -0.2) is 19.0 Å². The number of hydrogen-bond donors (Lipinski definition) is 2. The first kappa shape index (κ1) is 21.1. The number of amides is 1. The molecule has 2 atom stereocenters. The van der Waals surface area contributed by atoms with Crippen LogP contribution in [0.2, 0.25) is 10.0 Å². The number of nitrogens with one attached hydrogen (secondary N) is 2. The Bertz CT molecular complexity index is 832. The fraction of sp³-hybridized carbons (Fsp3) is 0.409. The quantitative estimate of drug-likeness (QED) is 0.688. The predicted molar refractivity (Wildman–Crippen MR) is 112 cm³/mol. The van der Waals surface area contributed by atoms with Crippen molar-refractivity contribution in [3.8, 4) is 0 Å². The summed E-state index contributed by atoms with van der Waals surface area (Å²) in [5.74, 6) is -0.645. The van der Waals surface area contributed by atoms with E-state index < -0.39 is 5.41 Å². The molecular formula is C22H25Cl2FN2O. The monoisotopic (exact) mass is 422 g/mol. The first-order valence-electron chi connectivity index (χ1n) is 9.55. The molecule has 2 N–H and O–H groups in total. The first-order valence-corrected chi connectivity index (χ1v) is 10.3. The highest BCUT2D eigenvalue weighted by Gasteiger charge is 2.42. The van der Waals surface area contributed by atoms with Gasteiger partial charge in [0.25, 0.3) is 0 Å². The highest BCUT2D eigenvalue weighted by molar-refractivity contribution is 6.34.